The molecule has 25 heavy (non-hydrogen) atoms. The summed E-state index contributed by atoms with van der Waals surface area (Å²) < 4.78 is 10.9. The number of methoxy groups -OCH3 is 1. The molecule has 0 radical (unpaired) electrons. The Morgan fingerprint density at radius 3 is 2.92 bits per heavy atom. The number of nitrogens with zero attached hydrogens (tertiary/aromatic N) is 3. The number of likely N-dealkylation sites (tertiary alicyclic amines) is 1. The highest BCUT2D eigenvalue weighted by molar-refractivity contribution is 5.89. The third kappa shape index (κ3) is 3.93. The van der Waals surface area contributed by atoms with Gasteiger partial charge in [-0.3, -0.25) is 0 Å². The lowest BCUT2D eigenvalue weighted by atomic mass is 10.2. The van der Waals surface area contributed by atoms with Crippen LogP contribution in [-0.2, 0) is 11.3 Å². The molecule has 1 aliphatic rings. The third-order valence-corrected chi connectivity index (χ3v) is 4.27. The van der Waals surface area contributed by atoms with Gasteiger partial charge in [-0.2, -0.15) is 0 Å². The van der Waals surface area contributed by atoms with E-state index in [0.29, 0.717) is 18.8 Å². The molecule has 7 heteroatoms. The van der Waals surface area contributed by atoms with Crippen molar-refractivity contribution in [3.63, 3.8) is 0 Å². The number of amides is 2. The van der Waals surface area contributed by atoms with Crippen molar-refractivity contribution in [2.75, 3.05) is 38.0 Å². The van der Waals surface area contributed by atoms with Crippen molar-refractivity contribution in [2.45, 2.75) is 25.5 Å². The summed E-state index contributed by atoms with van der Waals surface area (Å²) in [4.78, 5) is 20.7. The first-order chi connectivity index (χ1) is 12.1. The Labute approximate surface area is 147 Å². The summed E-state index contributed by atoms with van der Waals surface area (Å²) >= 11 is 0. The Balaban J connectivity index is 1.67. The van der Waals surface area contributed by atoms with Crippen molar-refractivity contribution in [1.29, 1.82) is 0 Å². The van der Waals surface area contributed by atoms with Gasteiger partial charge < -0.3 is 24.3 Å². The van der Waals surface area contributed by atoms with Gasteiger partial charge in [-0.25, -0.2) is 9.78 Å². The summed E-state index contributed by atoms with van der Waals surface area (Å²) in [5.74, 6) is 2.42. The fraction of sp³-hybridized carbons (Fsp3) is 0.444. The molecule has 3 heterocycles. The zero-order valence-electron chi connectivity index (χ0n) is 14.9. The maximum Gasteiger partial charge on any atom is 0.322 e. The minimum atomic E-state index is -0.133. The van der Waals surface area contributed by atoms with Crippen LogP contribution in [0.15, 0.2) is 34.9 Å². The number of pyridine rings is 1. The van der Waals surface area contributed by atoms with Crippen molar-refractivity contribution in [2.24, 2.45) is 0 Å². The number of hydrogen-bond acceptors (Lipinski definition) is 5. The maximum absolute atomic E-state index is 12.7. The number of carbonyl (C=O) groups is 1. The molecule has 2 amide bonds. The standard InChI is InChI=1S/C18H24N4O3/c1-21(2)17-9-6-13(11-19-17)20-18(23)22-10-4-5-15(22)16-8-7-14(25-16)12-24-3/h6-9,11,15H,4-5,10,12H2,1-3H3,(H,20,23). The molecule has 134 valence electrons. The monoisotopic (exact) mass is 344 g/mol. The van der Waals surface area contributed by atoms with Crippen LogP contribution in [-0.4, -0.2) is 43.7 Å². The molecule has 0 bridgehead atoms. The lowest BCUT2D eigenvalue weighted by Crippen LogP contribution is -2.34. The Hall–Kier alpha value is -2.54. The number of aromatic nitrogens is 1. The number of ether oxygens (including phenoxy) is 1. The van der Waals surface area contributed by atoms with E-state index in [1.165, 1.54) is 0 Å². The van der Waals surface area contributed by atoms with Crippen LogP contribution in [0, 0.1) is 0 Å². The number of urea groups is 1. The predicted molar refractivity (Wildman–Crippen MR) is 95.7 cm³/mol. The molecule has 1 atom stereocenters. The number of rotatable bonds is 5. The molecule has 2 aromatic rings. The molecule has 3 rings (SSSR count). The van der Waals surface area contributed by atoms with E-state index >= 15 is 0 Å². The van der Waals surface area contributed by atoms with Gasteiger partial charge in [0.05, 0.1) is 17.9 Å². The molecule has 0 aromatic carbocycles. The zero-order chi connectivity index (χ0) is 17.8. The number of hydrogen-bond donors (Lipinski definition) is 1. The summed E-state index contributed by atoms with van der Waals surface area (Å²) in [6.45, 7) is 1.14. The molecule has 1 fully saturated rings. The van der Waals surface area contributed by atoms with Crippen LogP contribution in [0.5, 0.6) is 0 Å². The summed E-state index contributed by atoms with van der Waals surface area (Å²) in [5.41, 5.74) is 0.681. The molecule has 1 aliphatic heterocycles. The lowest BCUT2D eigenvalue weighted by molar-refractivity contribution is 0.157. The SMILES string of the molecule is COCc1ccc(C2CCCN2C(=O)Nc2ccc(N(C)C)nc2)o1. The van der Waals surface area contributed by atoms with Gasteiger partial charge in [0.15, 0.2) is 0 Å². The topological polar surface area (TPSA) is 70.8 Å². The van der Waals surface area contributed by atoms with E-state index in [1.807, 2.05) is 48.2 Å². The maximum atomic E-state index is 12.7. The van der Waals surface area contributed by atoms with Crippen molar-refractivity contribution in [3.8, 4) is 0 Å². The van der Waals surface area contributed by atoms with E-state index in [2.05, 4.69) is 10.3 Å². The first-order valence-corrected chi connectivity index (χ1v) is 8.37. The van der Waals surface area contributed by atoms with Gasteiger partial charge in [-0.05, 0) is 37.1 Å². The smallest absolute Gasteiger partial charge is 0.322 e. The van der Waals surface area contributed by atoms with E-state index in [0.717, 1.165) is 30.2 Å². The predicted octanol–water partition coefficient (Wildman–Crippen LogP) is 3.26. The van der Waals surface area contributed by atoms with Gasteiger partial charge in [0.1, 0.15) is 23.9 Å². The van der Waals surface area contributed by atoms with Crippen LogP contribution in [0.1, 0.15) is 30.4 Å². The number of furan rings is 1. The average Bonchev–Trinajstić information content (AvgIpc) is 3.24. The normalized spacial score (nSPS) is 16.9. The Morgan fingerprint density at radius 2 is 2.24 bits per heavy atom. The molecule has 0 saturated carbocycles. The van der Waals surface area contributed by atoms with E-state index in [4.69, 9.17) is 9.15 Å². The molecule has 0 aliphatic carbocycles. The Morgan fingerprint density at radius 1 is 1.40 bits per heavy atom. The minimum absolute atomic E-state index is 0.0420. The first-order valence-electron chi connectivity index (χ1n) is 8.37. The summed E-state index contributed by atoms with van der Waals surface area (Å²) in [7, 11) is 5.49. The number of anilines is 2. The third-order valence-electron chi connectivity index (χ3n) is 4.27. The van der Waals surface area contributed by atoms with E-state index < -0.39 is 0 Å². The van der Waals surface area contributed by atoms with Crippen molar-refractivity contribution in [1.82, 2.24) is 9.88 Å². The van der Waals surface area contributed by atoms with Gasteiger partial charge in [-0.1, -0.05) is 0 Å². The second-order valence-corrected chi connectivity index (χ2v) is 6.32. The second kappa shape index (κ2) is 7.57. The second-order valence-electron chi connectivity index (χ2n) is 6.32. The lowest BCUT2D eigenvalue weighted by Gasteiger charge is -2.23. The Kier molecular flexibility index (Phi) is 5.23. The van der Waals surface area contributed by atoms with Crippen LogP contribution < -0.4 is 10.2 Å². The molecule has 1 saturated heterocycles. The highest BCUT2D eigenvalue weighted by Crippen LogP contribution is 2.33. The molecule has 7 nitrogen and oxygen atoms in total. The molecule has 1 unspecified atom stereocenters. The van der Waals surface area contributed by atoms with Crippen molar-refractivity contribution >= 4 is 17.5 Å². The van der Waals surface area contributed by atoms with Gasteiger partial charge in [0.2, 0.25) is 0 Å². The van der Waals surface area contributed by atoms with Crippen LogP contribution in [0.3, 0.4) is 0 Å². The molecular formula is C18H24N4O3. The molecule has 2 aromatic heterocycles. The zero-order valence-corrected chi connectivity index (χ0v) is 14.9. The van der Waals surface area contributed by atoms with Crippen LogP contribution >= 0.6 is 0 Å². The number of nitrogens with one attached hydrogen (secondary N) is 1. The molecule has 0 spiro atoms. The van der Waals surface area contributed by atoms with Crippen molar-refractivity contribution < 1.29 is 13.9 Å². The van der Waals surface area contributed by atoms with E-state index in [1.54, 1.807) is 13.3 Å². The largest absolute Gasteiger partial charge is 0.461 e. The van der Waals surface area contributed by atoms with Gasteiger partial charge in [0.25, 0.3) is 0 Å². The minimum Gasteiger partial charge on any atom is -0.461 e. The number of carbonyl (C=O) groups excluding carboxylic acids is 1. The summed E-state index contributed by atoms with van der Waals surface area (Å²) in [6.07, 6.45) is 3.52. The summed E-state index contributed by atoms with van der Waals surface area (Å²) in [6, 6.07) is 7.39. The Bertz CT molecular complexity index is 711. The first kappa shape index (κ1) is 17.3. The fourth-order valence-electron chi connectivity index (χ4n) is 3.02. The van der Waals surface area contributed by atoms with Gasteiger partial charge in [0, 0.05) is 27.7 Å². The van der Waals surface area contributed by atoms with Crippen LogP contribution in [0.4, 0.5) is 16.3 Å². The highest BCUT2D eigenvalue weighted by atomic mass is 16.5. The highest BCUT2D eigenvalue weighted by Gasteiger charge is 2.32. The molecular weight excluding hydrogens is 320 g/mol. The van der Waals surface area contributed by atoms with Gasteiger partial charge >= 0.3 is 6.03 Å². The van der Waals surface area contributed by atoms with E-state index in [-0.39, 0.29) is 12.1 Å². The summed E-state index contributed by atoms with van der Waals surface area (Å²) in [5, 5.41) is 2.92. The fourth-order valence-corrected chi connectivity index (χ4v) is 3.02. The van der Waals surface area contributed by atoms with Gasteiger partial charge in [-0.15, -0.1) is 0 Å². The van der Waals surface area contributed by atoms with Crippen molar-refractivity contribution in [3.05, 3.63) is 42.0 Å². The average molecular weight is 344 g/mol. The van der Waals surface area contributed by atoms with E-state index in [9.17, 15) is 4.79 Å². The van der Waals surface area contributed by atoms with Crippen LogP contribution in [0.2, 0.25) is 0 Å². The molecule has 1 N–H and O–H groups in total. The quantitative estimate of drug-likeness (QED) is 0.901. The van der Waals surface area contributed by atoms with Crippen LogP contribution in [0.25, 0.3) is 0 Å².